The van der Waals surface area contributed by atoms with Crippen molar-refractivity contribution in [2.75, 3.05) is 11.9 Å². The highest BCUT2D eigenvalue weighted by Crippen LogP contribution is 2.14. The lowest BCUT2D eigenvalue weighted by Gasteiger charge is -2.19. The van der Waals surface area contributed by atoms with E-state index in [0.717, 1.165) is 12.0 Å². The van der Waals surface area contributed by atoms with Crippen LogP contribution in [0.3, 0.4) is 0 Å². The molecule has 6 heteroatoms. The minimum atomic E-state index is -0.949. The number of nitrogens with zero attached hydrogens (tertiary/aromatic N) is 1. The summed E-state index contributed by atoms with van der Waals surface area (Å²) in [6.07, 6.45) is 0.746. The number of nitrogens with one attached hydrogen (secondary N) is 1. The summed E-state index contributed by atoms with van der Waals surface area (Å²) in [5.74, 6) is -0.268. The quantitative estimate of drug-likeness (QED) is 0.811. The maximum Gasteiger partial charge on any atom is 0.491 e. The minimum Gasteiger partial charge on any atom is -0.423 e. The van der Waals surface area contributed by atoms with Crippen LogP contribution in [-0.4, -0.2) is 24.7 Å². The molecule has 0 unspecified atom stereocenters. The van der Waals surface area contributed by atoms with Crippen molar-refractivity contribution in [3.05, 3.63) is 59.2 Å². The van der Waals surface area contributed by atoms with E-state index in [1.807, 2.05) is 12.1 Å². The predicted molar refractivity (Wildman–Crippen MR) is 82.8 cm³/mol. The normalized spacial score (nSPS) is 13.2. The molecule has 3 rings (SSSR count). The minimum absolute atomic E-state index is 0.268. The number of nitriles is 1. The van der Waals surface area contributed by atoms with Crippen LogP contribution in [0.1, 0.15) is 21.5 Å². The number of carbonyl (C=O) groups excluding carboxylic acids is 1. The van der Waals surface area contributed by atoms with Gasteiger partial charge in [0.1, 0.15) is 0 Å². The van der Waals surface area contributed by atoms with E-state index >= 15 is 0 Å². The van der Waals surface area contributed by atoms with Gasteiger partial charge < -0.3 is 15.0 Å². The number of anilines is 1. The monoisotopic (exact) mass is 292 g/mol. The van der Waals surface area contributed by atoms with Crippen LogP contribution >= 0.6 is 0 Å². The number of hydrogen-bond acceptors (Lipinski definition) is 4. The van der Waals surface area contributed by atoms with Crippen molar-refractivity contribution in [3.63, 3.8) is 0 Å². The van der Waals surface area contributed by atoms with E-state index in [9.17, 15) is 9.82 Å². The van der Waals surface area contributed by atoms with Gasteiger partial charge in [-0.15, -0.1) is 0 Å². The van der Waals surface area contributed by atoms with Crippen LogP contribution in [-0.2, 0) is 11.1 Å². The third kappa shape index (κ3) is 2.86. The largest absolute Gasteiger partial charge is 0.491 e. The van der Waals surface area contributed by atoms with Gasteiger partial charge in [-0.25, -0.2) is 0 Å². The average molecular weight is 292 g/mol. The van der Waals surface area contributed by atoms with Gasteiger partial charge in [0, 0.05) is 17.9 Å². The van der Waals surface area contributed by atoms with Crippen molar-refractivity contribution >= 4 is 24.2 Å². The van der Waals surface area contributed by atoms with Crippen LogP contribution in [0.4, 0.5) is 5.69 Å². The fourth-order valence-electron chi connectivity index (χ4n) is 2.40. The number of fused-ring (bicyclic) bond motifs is 1. The Balaban J connectivity index is 1.79. The van der Waals surface area contributed by atoms with E-state index in [0.29, 0.717) is 28.9 Å². The number of carbonyl (C=O) groups is 1. The second-order valence-corrected chi connectivity index (χ2v) is 5.03. The molecule has 0 bridgehead atoms. The first-order chi connectivity index (χ1) is 10.7. The van der Waals surface area contributed by atoms with Gasteiger partial charge in [0.25, 0.3) is 5.91 Å². The summed E-state index contributed by atoms with van der Waals surface area (Å²) in [4.78, 5) is 12.2. The average Bonchev–Trinajstić information content (AvgIpc) is 2.55. The summed E-state index contributed by atoms with van der Waals surface area (Å²) >= 11 is 0. The lowest BCUT2D eigenvalue weighted by Crippen LogP contribution is -2.41. The molecule has 0 aromatic heterocycles. The first kappa shape index (κ1) is 14.3. The van der Waals surface area contributed by atoms with Gasteiger partial charge in [-0.1, -0.05) is 6.07 Å². The van der Waals surface area contributed by atoms with E-state index in [-0.39, 0.29) is 5.91 Å². The standard InChI is InChI=1S/C16H13BN2O3/c18-10-11-1-3-13(4-2-11)16(20)19-14-6-5-12-7-8-22-17(21)15(12)9-14/h1-6,9,21H,7-8H2,(H,19,20). The molecule has 1 aliphatic rings. The van der Waals surface area contributed by atoms with Gasteiger partial charge in [0.2, 0.25) is 0 Å². The second-order valence-electron chi connectivity index (χ2n) is 5.03. The second kappa shape index (κ2) is 6.02. The molecule has 0 radical (unpaired) electrons. The van der Waals surface area contributed by atoms with Crippen LogP contribution in [0.2, 0.25) is 0 Å². The fraction of sp³-hybridized carbons (Fsp3) is 0.125. The molecule has 0 spiro atoms. The molecule has 0 aliphatic carbocycles. The Kier molecular flexibility index (Phi) is 3.92. The van der Waals surface area contributed by atoms with Crippen LogP contribution < -0.4 is 10.8 Å². The Hall–Kier alpha value is -2.62. The molecule has 5 nitrogen and oxygen atoms in total. The summed E-state index contributed by atoms with van der Waals surface area (Å²) in [5.41, 5.74) is 3.27. The molecule has 2 N–H and O–H groups in total. The maximum absolute atomic E-state index is 12.2. The van der Waals surface area contributed by atoms with E-state index < -0.39 is 7.12 Å². The SMILES string of the molecule is N#Cc1ccc(C(=O)Nc2ccc3c(c2)B(O)OCC3)cc1. The molecule has 0 saturated carbocycles. The van der Waals surface area contributed by atoms with E-state index in [1.54, 1.807) is 36.4 Å². The Morgan fingerprint density at radius 1 is 1.27 bits per heavy atom. The zero-order chi connectivity index (χ0) is 15.5. The van der Waals surface area contributed by atoms with E-state index in [2.05, 4.69) is 5.32 Å². The highest BCUT2D eigenvalue weighted by molar-refractivity contribution is 6.61. The maximum atomic E-state index is 12.2. The van der Waals surface area contributed by atoms with E-state index in [1.165, 1.54) is 0 Å². The third-order valence-electron chi connectivity index (χ3n) is 3.59. The number of hydrogen-bond donors (Lipinski definition) is 2. The highest BCUT2D eigenvalue weighted by Gasteiger charge is 2.25. The lowest BCUT2D eigenvalue weighted by atomic mass is 9.73. The summed E-state index contributed by atoms with van der Waals surface area (Å²) in [5, 5.41) is 21.4. The molecule has 2 aromatic carbocycles. The van der Waals surface area contributed by atoms with Crippen LogP contribution in [0, 0.1) is 11.3 Å². The molecule has 1 aliphatic heterocycles. The van der Waals surface area contributed by atoms with Crippen molar-refractivity contribution in [2.24, 2.45) is 0 Å². The van der Waals surface area contributed by atoms with Crippen LogP contribution in [0.25, 0.3) is 0 Å². The van der Waals surface area contributed by atoms with Crippen molar-refractivity contribution < 1.29 is 14.5 Å². The highest BCUT2D eigenvalue weighted by atomic mass is 16.5. The topological polar surface area (TPSA) is 82.4 Å². The Morgan fingerprint density at radius 3 is 2.77 bits per heavy atom. The summed E-state index contributed by atoms with van der Waals surface area (Å²) in [7, 11) is -0.949. The molecule has 108 valence electrons. The fourth-order valence-corrected chi connectivity index (χ4v) is 2.40. The van der Waals surface area contributed by atoms with Crippen molar-refractivity contribution in [1.29, 1.82) is 5.26 Å². The summed E-state index contributed by atoms with van der Waals surface area (Å²) in [6, 6.07) is 13.8. The van der Waals surface area contributed by atoms with Crippen molar-refractivity contribution in [2.45, 2.75) is 6.42 Å². The number of rotatable bonds is 2. The van der Waals surface area contributed by atoms with Crippen LogP contribution in [0.5, 0.6) is 0 Å². The summed E-state index contributed by atoms with van der Waals surface area (Å²) in [6.45, 7) is 0.491. The van der Waals surface area contributed by atoms with Gasteiger partial charge >= 0.3 is 7.12 Å². The molecular formula is C16H13BN2O3. The molecule has 1 heterocycles. The first-order valence-corrected chi connectivity index (χ1v) is 6.91. The molecular weight excluding hydrogens is 279 g/mol. The zero-order valence-electron chi connectivity index (χ0n) is 11.7. The Morgan fingerprint density at radius 2 is 2.05 bits per heavy atom. The molecule has 0 fully saturated rings. The Bertz CT molecular complexity index is 753. The molecule has 1 amide bonds. The molecule has 0 atom stereocenters. The molecule has 0 saturated heterocycles. The van der Waals surface area contributed by atoms with Gasteiger partial charge in [-0.3, -0.25) is 4.79 Å². The van der Waals surface area contributed by atoms with Crippen molar-refractivity contribution in [3.8, 4) is 6.07 Å². The summed E-state index contributed by atoms with van der Waals surface area (Å²) < 4.78 is 5.19. The molecule has 22 heavy (non-hydrogen) atoms. The van der Waals surface area contributed by atoms with Gasteiger partial charge in [0.15, 0.2) is 0 Å². The van der Waals surface area contributed by atoms with Crippen LogP contribution in [0.15, 0.2) is 42.5 Å². The number of amides is 1. The third-order valence-corrected chi connectivity index (χ3v) is 3.59. The smallest absolute Gasteiger partial charge is 0.423 e. The van der Waals surface area contributed by atoms with Gasteiger partial charge in [0.05, 0.1) is 11.6 Å². The molecule has 2 aromatic rings. The van der Waals surface area contributed by atoms with Gasteiger partial charge in [-0.05, 0) is 53.8 Å². The lowest BCUT2D eigenvalue weighted by molar-refractivity contribution is 0.102. The van der Waals surface area contributed by atoms with Gasteiger partial charge in [-0.2, -0.15) is 5.26 Å². The Labute approximate surface area is 128 Å². The number of benzene rings is 2. The first-order valence-electron chi connectivity index (χ1n) is 6.91. The van der Waals surface area contributed by atoms with E-state index in [4.69, 9.17) is 9.92 Å². The zero-order valence-corrected chi connectivity index (χ0v) is 11.7. The van der Waals surface area contributed by atoms with Crippen molar-refractivity contribution in [1.82, 2.24) is 0 Å². The predicted octanol–water partition coefficient (Wildman–Crippen LogP) is 1.07.